The molecule has 2 aromatic carbocycles. The third-order valence-electron chi connectivity index (χ3n) is 4.59. The number of sulfonamides is 1. The lowest BCUT2D eigenvalue weighted by atomic mass is 10.3. The Morgan fingerprint density at radius 1 is 1.09 bits per heavy atom. The lowest BCUT2D eigenvalue weighted by Crippen LogP contribution is -2.39. The van der Waals surface area contributed by atoms with Crippen molar-refractivity contribution in [2.24, 2.45) is 5.10 Å². The van der Waals surface area contributed by atoms with Crippen LogP contribution in [0.4, 0.5) is 5.69 Å². The molecule has 0 radical (unpaired) electrons. The fourth-order valence-corrected chi connectivity index (χ4v) is 5.01. The Morgan fingerprint density at radius 3 is 2.44 bits per heavy atom. The molecule has 11 heteroatoms. The number of carbonyl (C=O) groups excluding carboxylic acids is 1. The summed E-state index contributed by atoms with van der Waals surface area (Å²) in [5.41, 5.74) is 2.67. The van der Waals surface area contributed by atoms with Gasteiger partial charge in [-0.25, -0.2) is 13.8 Å². The van der Waals surface area contributed by atoms with Crippen molar-refractivity contribution in [2.75, 3.05) is 31.7 Å². The summed E-state index contributed by atoms with van der Waals surface area (Å²) in [6.07, 6.45) is 1.49. The second-order valence-corrected chi connectivity index (χ2v) is 9.61. The highest BCUT2D eigenvalue weighted by Gasteiger charge is 2.28. The number of methoxy groups -OCH3 is 2. The molecule has 1 amide bonds. The minimum atomic E-state index is -4.15. The van der Waals surface area contributed by atoms with Crippen molar-refractivity contribution in [3.63, 3.8) is 0 Å². The minimum Gasteiger partial charge on any atom is -0.494 e. The Morgan fingerprint density at radius 2 is 1.82 bits per heavy atom. The highest BCUT2D eigenvalue weighted by atomic mass is 32.2. The Balaban J connectivity index is 1.92. The number of hydrazone groups is 1. The van der Waals surface area contributed by atoms with Crippen molar-refractivity contribution in [2.45, 2.75) is 11.8 Å². The van der Waals surface area contributed by atoms with Crippen LogP contribution in [0.25, 0.3) is 0 Å². The molecule has 0 bridgehead atoms. The molecule has 0 aliphatic rings. The molecule has 3 rings (SSSR count). The van der Waals surface area contributed by atoms with E-state index in [4.69, 9.17) is 14.2 Å². The Bertz CT molecular complexity index is 1230. The van der Waals surface area contributed by atoms with E-state index in [0.717, 1.165) is 9.18 Å². The van der Waals surface area contributed by atoms with Crippen molar-refractivity contribution in [3.8, 4) is 17.2 Å². The monoisotopic (exact) mass is 503 g/mol. The fourth-order valence-electron chi connectivity index (χ4n) is 2.99. The number of hydrogen-bond donors (Lipinski definition) is 1. The number of amides is 1. The van der Waals surface area contributed by atoms with E-state index < -0.39 is 22.5 Å². The zero-order valence-electron chi connectivity index (χ0n) is 18.9. The lowest BCUT2D eigenvalue weighted by Gasteiger charge is -2.24. The van der Waals surface area contributed by atoms with Gasteiger partial charge in [0.2, 0.25) is 0 Å². The maximum atomic E-state index is 13.6. The fraction of sp³-hybridized carbons (Fsp3) is 0.217. The average Bonchev–Trinajstić information content (AvgIpc) is 3.36. The first kappa shape index (κ1) is 25.1. The van der Waals surface area contributed by atoms with Gasteiger partial charge in [-0.15, -0.1) is 11.3 Å². The molecular formula is C23H25N3O6S2. The summed E-state index contributed by atoms with van der Waals surface area (Å²) < 4.78 is 44.1. The molecule has 0 aliphatic heterocycles. The van der Waals surface area contributed by atoms with Gasteiger partial charge in [0, 0.05) is 10.9 Å². The molecule has 180 valence electrons. The molecule has 0 spiro atoms. The first-order valence-corrected chi connectivity index (χ1v) is 12.5. The Hall–Kier alpha value is -3.57. The topological polar surface area (TPSA) is 107 Å². The second kappa shape index (κ2) is 11.5. The summed E-state index contributed by atoms with van der Waals surface area (Å²) >= 11 is 1.46. The number of thiophene rings is 1. The van der Waals surface area contributed by atoms with Crippen LogP contribution in [0.5, 0.6) is 17.2 Å². The standard InChI is InChI=1S/C23H25N3O6S2/c1-4-32-18-9-7-17(8-10-18)26(16-23(27)25-24-15-19-6-5-13-33-19)34(28,29)20-11-12-21(30-2)22(14-20)31-3/h5-15H,4,16H2,1-3H3,(H,25,27)/b24-15-. The molecule has 3 aromatic rings. The molecule has 0 atom stereocenters. The first-order valence-electron chi connectivity index (χ1n) is 10.2. The summed E-state index contributed by atoms with van der Waals surface area (Å²) in [7, 11) is -1.28. The van der Waals surface area contributed by atoms with E-state index in [1.54, 1.807) is 24.3 Å². The number of anilines is 1. The summed E-state index contributed by atoms with van der Waals surface area (Å²) in [5.74, 6) is 0.611. The quantitative estimate of drug-likeness (QED) is 0.317. The molecule has 0 aliphatic carbocycles. The van der Waals surface area contributed by atoms with Crippen LogP contribution in [-0.4, -0.2) is 47.9 Å². The van der Waals surface area contributed by atoms with Gasteiger partial charge in [-0.05, 0) is 54.8 Å². The van der Waals surface area contributed by atoms with Gasteiger partial charge in [0.05, 0.1) is 37.6 Å². The number of hydrogen-bond acceptors (Lipinski definition) is 8. The highest BCUT2D eigenvalue weighted by Crippen LogP contribution is 2.32. The van der Waals surface area contributed by atoms with Gasteiger partial charge in [0.25, 0.3) is 15.9 Å². The van der Waals surface area contributed by atoms with Crippen LogP contribution >= 0.6 is 11.3 Å². The zero-order valence-corrected chi connectivity index (χ0v) is 20.6. The van der Waals surface area contributed by atoms with Gasteiger partial charge < -0.3 is 14.2 Å². The predicted octanol–water partition coefficient (Wildman–Crippen LogP) is 3.51. The van der Waals surface area contributed by atoms with Crippen LogP contribution in [-0.2, 0) is 14.8 Å². The van der Waals surface area contributed by atoms with E-state index >= 15 is 0 Å². The molecule has 0 saturated heterocycles. The maximum absolute atomic E-state index is 13.6. The molecule has 34 heavy (non-hydrogen) atoms. The molecule has 0 saturated carbocycles. The molecule has 1 heterocycles. The van der Waals surface area contributed by atoms with Gasteiger partial charge >= 0.3 is 0 Å². The largest absolute Gasteiger partial charge is 0.494 e. The van der Waals surface area contributed by atoms with Crippen molar-refractivity contribution in [3.05, 3.63) is 64.9 Å². The van der Waals surface area contributed by atoms with Gasteiger partial charge in [-0.3, -0.25) is 9.10 Å². The SMILES string of the molecule is CCOc1ccc(N(CC(=O)N/N=C\c2cccs2)S(=O)(=O)c2ccc(OC)c(OC)c2)cc1. The van der Waals surface area contributed by atoms with Crippen molar-refractivity contribution >= 4 is 39.2 Å². The van der Waals surface area contributed by atoms with E-state index in [1.165, 1.54) is 50.0 Å². The predicted molar refractivity (Wildman–Crippen MR) is 132 cm³/mol. The summed E-state index contributed by atoms with van der Waals surface area (Å²) in [5, 5.41) is 5.79. The molecule has 9 nitrogen and oxygen atoms in total. The number of nitrogens with one attached hydrogen (secondary N) is 1. The van der Waals surface area contributed by atoms with E-state index in [2.05, 4.69) is 10.5 Å². The number of benzene rings is 2. The highest BCUT2D eigenvalue weighted by molar-refractivity contribution is 7.92. The Kier molecular flexibility index (Phi) is 8.50. The zero-order chi connectivity index (χ0) is 24.6. The summed E-state index contributed by atoms with van der Waals surface area (Å²) in [4.78, 5) is 13.4. The normalized spacial score (nSPS) is 11.3. The van der Waals surface area contributed by atoms with E-state index in [0.29, 0.717) is 18.1 Å². The maximum Gasteiger partial charge on any atom is 0.264 e. The van der Waals surface area contributed by atoms with Gasteiger partial charge in [0.1, 0.15) is 12.3 Å². The van der Waals surface area contributed by atoms with Crippen molar-refractivity contribution in [1.29, 1.82) is 0 Å². The molecule has 0 unspecified atom stereocenters. The Labute approximate surface area is 202 Å². The average molecular weight is 504 g/mol. The van der Waals surface area contributed by atoms with E-state index in [1.807, 2.05) is 24.4 Å². The smallest absolute Gasteiger partial charge is 0.264 e. The van der Waals surface area contributed by atoms with Crippen LogP contribution in [0.1, 0.15) is 11.8 Å². The molecular weight excluding hydrogens is 478 g/mol. The third-order valence-corrected chi connectivity index (χ3v) is 7.17. The number of nitrogens with zero attached hydrogens (tertiary/aromatic N) is 2. The molecule has 0 fully saturated rings. The van der Waals surface area contributed by atoms with E-state index in [-0.39, 0.29) is 16.3 Å². The van der Waals surface area contributed by atoms with Crippen LogP contribution in [0.3, 0.4) is 0 Å². The minimum absolute atomic E-state index is 0.0612. The molecule has 1 N–H and O–H groups in total. The van der Waals surface area contributed by atoms with Crippen LogP contribution in [0, 0.1) is 0 Å². The van der Waals surface area contributed by atoms with Crippen LogP contribution in [0.2, 0.25) is 0 Å². The second-order valence-electron chi connectivity index (χ2n) is 6.76. The van der Waals surface area contributed by atoms with Crippen molar-refractivity contribution < 1.29 is 27.4 Å². The van der Waals surface area contributed by atoms with Gasteiger partial charge in [-0.2, -0.15) is 5.10 Å². The van der Waals surface area contributed by atoms with Gasteiger partial charge in [-0.1, -0.05) is 6.07 Å². The third kappa shape index (κ3) is 6.06. The van der Waals surface area contributed by atoms with Gasteiger partial charge in [0.15, 0.2) is 11.5 Å². The van der Waals surface area contributed by atoms with Crippen LogP contribution in [0.15, 0.2) is 70.0 Å². The lowest BCUT2D eigenvalue weighted by molar-refractivity contribution is -0.119. The van der Waals surface area contributed by atoms with E-state index in [9.17, 15) is 13.2 Å². The molecule has 1 aromatic heterocycles. The number of carbonyl (C=O) groups is 1. The van der Waals surface area contributed by atoms with Crippen LogP contribution < -0.4 is 23.9 Å². The first-order chi connectivity index (χ1) is 16.4. The van der Waals surface area contributed by atoms with Crippen molar-refractivity contribution in [1.82, 2.24) is 5.43 Å². The number of ether oxygens (including phenoxy) is 3. The number of rotatable bonds is 11. The summed E-state index contributed by atoms with van der Waals surface area (Å²) in [6.45, 7) is 1.83. The summed E-state index contributed by atoms with van der Waals surface area (Å²) in [6, 6.07) is 14.4.